The van der Waals surface area contributed by atoms with Crippen LogP contribution in [-0.4, -0.2) is 10.2 Å². The van der Waals surface area contributed by atoms with Gasteiger partial charge in [0.2, 0.25) is 0 Å². The average Bonchev–Trinajstić information content (AvgIpc) is 2.16. The minimum absolute atomic E-state index is 0.0747. The Labute approximate surface area is 83.0 Å². The van der Waals surface area contributed by atoms with Crippen molar-refractivity contribution in [3.05, 3.63) is 29.3 Å². The number of halogens is 1. The van der Waals surface area contributed by atoms with E-state index in [1.165, 1.54) is 12.1 Å². The third-order valence-electron chi connectivity index (χ3n) is 2.23. The first-order chi connectivity index (χ1) is 6.56. The van der Waals surface area contributed by atoms with Crippen molar-refractivity contribution in [2.75, 3.05) is 0 Å². The van der Waals surface area contributed by atoms with Crippen molar-refractivity contribution in [3.8, 4) is 5.75 Å². The van der Waals surface area contributed by atoms with E-state index in [-0.39, 0.29) is 17.2 Å². The van der Waals surface area contributed by atoms with E-state index in [9.17, 15) is 14.6 Å². The fourth-order valence-electron chi connectivity index (χ4n) is 1.26. The van der Waals surface area contributed by atoms with Crippen LogP contribution in [-0.2, 0) is 6.67 Å². The molecule has 3 heteroatoms. The van der Waals surface area contributed by atoms with Crippen molar-refractivity contribution >= 4 is 0 Å². The minimum Gasteiger partial charge on any atom is -0.508 e. The number of aliphatic hydroxyl groups excluding tert-OH is 1. The van der Waals surface area contributed by atoms with Gasteiger partial charge in [-0.05, 0) is 17.5 Å². The molecule has 0 amide bonds. The molecule has 0 heterocycles. The topological polar surface area (TPSA) is 40.5 Å². The molecule has 0 aliphatic rings. The number of benzene rings is 1. The van der Waals surface area contributed by atoms with E-state index in [1.807, 2.05) is 13.8 Å². The predicted molar refractivity (Wildman–Crippen MR) is 52.7 cm³/mol. The summed E-state index contributed by atoms with van der Waals surface area (Å²) in [6.07, 6.45) is -0.616. The molecule has 0 aliphatic carbocycles. The van der Waals surface area contributed by atoms with E-state index in [0.29, 0.717) is 5.56 Å². The van der Waals surface area contributed by atoms with Crippen molar-refractivity contribution < 1.29 is 14.6 Å². The zero-order chi connectivity index (χ0) is 10.7. The molecule has 14 heavy (non-hydrogen) atoms. The third-order valence-corrected chi connectivity index (χ3v) is 2.23. The van der Waals surface area contributed by atoms with Crippen molar-refractivity contribution in [2.45, 2.75) is 26.6 Å². The summed E-state index contributed by atoms with van der Waals surface area (Å²) in [7, 11) is 0. The van der Waals surface area contributed by atoms with E-state index in [4.69, 9.17) is 0 Å². The van der Waals surface area contributed by atoms with Gasteiger partial charge in [-0.2, -0.15) is 0 Å². The van der Waals surface area contributed by atoms with Crippen molar-refractivity contribution in [3.63, 3.8) is 0 Å². The molecule has 0 saturated carbocycles. The van der Waals surface area contributed by atoms with E-state index >= 15 is 0 Å². The number of phenolic OH excluding ortho intramolecular Hbond substituents is 1. The van der Waals surface area contributed by atoms with Gasteiger partial charge in [0, 0.05) is 5.56 Å². The highest BCUT2D eigenvalue weighted by atomic mass is 18.2. The molecular weight excluding hydrogens is 182 g/mol. The maximum atomic E-state index is 12.3. The van der Waals surface area contributed by atoms with E-state index in [0.717, 1.165) is 0 Å². The fourth-order valence-corrected chi connectivity index (χ4v) is 1.26. The van der Waals surface area contributed by atoms with Gasteiger partial charge in [0.15, 0.2) is 0 Å². The molecule has 2 nitrogen and oxygen atoms in total. The summed E-state index contributed by atoms with van der Waals surface area (Å²) in [4.78, 5) is 0. The first-order valence-electron chi connectivity index (χ1n) is 4.62. The summed E-state index contributed by atoms with van der Waals surface area (Å²) in [5.41, 5.74) is 0.874. The molecule has 1 atom stereocenters. The lowest BCUT2D eigenvalue weighted by atomic mass is 9.98. The standard InChI is InChI=1S/C11H15FO2/c1-7(2)11(14)8-3-4-9(6-12)10(13)5-8/h3-5,7,11,13-14H,6H2,1-2H3/i12-1. The lowest BCUT2D eigenvalue weighted by molar-refractivity contribution is 0.126. The van der Waals surface area contributed by atoms with Gasteiger partial charge in [-0.25, -0.2) is 4.39 Å². The fraction of sp³-hybridized carbons (Fsp3) is 0.455. The van der Waals surface area contributed by atoms with Gasteiger partial charge in [-0.3, -0.25) is 0 Å². The number of alkyl halides is 1. The maximum Gasteiger partial charge on any atom is 0.121 e. The number of aliphatic hydroxyl groups is 1. The highest BCUT2D eigenvalue weighted by molar-refractivity contribution is 5.36. The summed E-state index contributed by atoms with van der Waals surface area (Å²) < 4.78 is 12.3. The maximum absolute atomic E-state index is 12.3. The zero-order valence-electron chi connectivity index (χ0n) is 8.37. The van der Waals surface area contributed by atoms with Crippen LogP contribution in [0.4, 0.5) is 4.39 Å². The summed E-state index contributed by atoms with van der Waals surface area (Å²) in [5, 5.41) is 19.1. The number of hydrogen-bond acceptors (Lipinski definition) is 2. The average molecular weight is 197 g/mol. The summed E-state index contributed by atoms with van der Waals surface area (Å²) in [6, 6.07) is 4.55. The second kappa shape index (κ2) is 4.42. The number of phenols is 1. The molecule has 0 fully saturated rings. The normalized spacial score (nSPS) is 13.2. The highest BCUT2D eigenvalue weighted by Gasteiger charge is 2.13. The van der Waals surface area contributed by atoms with Crippen LogP contribution in [0.25, 0.3) is 0 Å². The molecule has 0 aliphatic heterocycles. The second-order valence-electron chi connectivity index (χ2n) is 3.71. The Kier molecular flexibility index (Phi) is 3.47. The molecule has 0 saturated heterocycles. The first kappa shape index (κ1) is 11.0. The molecule has 78 valence electrons. The Morgan fingerprint density at radius 1 is 1.36 bits per heavy atom. The monoisotopic (exact) mass is 197 g/mol. The predicted octanol–water partition coefficient (Wildman–Crippen LogP) is 2.55. The molecule has 1 aromatic rings. The molecule has 1 unspecified atom stereocenters. The smallest absolute Gasteiger partial charge is 0.121 e. The van der Waals surface area contributed by atoms with Crippen LogP contribution in [0.1, 0.15) is 31.1 Å². The van der Waals surface area contributed by atoms with Crippen LogP contribution < -0.4 is 0 Å². The first-order valence-corrected chi connectivity index (χ1v) is 4.62. The van der Waals surface area contributed by atoms with Gasteiger partial charge in [0.05, 0.1) is 6.10 Å². The molecule has 1 aromatic carbocycles. The summed E-state index contributed by atoms with van der Waals surface area (Å²) in [5.74, 6) is -0.0182. The van der Waals surface area contributed by atoms with Crippen LogP contribution in [0.3, 0.4) is 0 Å². The molecular formula is C11H15FO2. The van der Waals surface area contributed by atoms with Gasteiger partial charge >= 0.3 is 0 Å². The van der Waals surface area contributed by atoms with Crippen LogP contribution in [0.15, 0.2) is 18.2 Å². The van der Waals surface area contributed by atoms with Gasteiger partial charge in [-0.15, -0.1) is 0 Å². The zero-order valence-corrected chi connectivity index (χ0v) is 8.37. The van der Waals surface area contributed by atoms with Crippen molar-refractivity contribution in [2.24, 2.45) is 5.92 Å². The Hall–Kier alpha value is -1.09. The van der Waals surface area contributed by atoms with E-state index in [1.54, 1.807) is 6.07 Å². The Morgan fingerprint density at radius 3 is 2.43 bits per heavy atom. The van der Waals surface area contributed by atoms with Gasteiger partial charge < -0.3 is 10.2 Å². The largest absolute Gasteiger partial charge is 0.508 e. The van der Waals surface area contributed by atoms with Gasteiger partial charge in [-0.1, -0.05) is 26.0 Å². The third kappa shape index (κ3) is 2.23. The lowest BCUT2D eigenvalue weighted by Gasteiger charge is -2.15. The van der Waals surface area contributed by atoms with Crippen molar-refractivity contribution in [1.82, 2.24) is 0 Å². The molecule has 0 aromatic heterocycles. The van der Waals surface area contributed by atoms with Crippen molar-refractivity contribution in [1.29, 1.82) is 0 Å². The highest BCUT2D eigenvalue weighted by Crippen LogP contribution is 2.27. The van der Waals surface area contributed by atoms with E-state index in [2.05, 4.69) is 0 Å². The van der Waals surface area contributed by atoms with E-state index < -0.39 is 12.8 Å². The summed E-state index contributed by atoms with van der Waals surface area (Å²) >= 11 is 0. The number of rotatable bonds is 3. The molecule has 0 radical (unpaired) electrons. The van der Waals surface area contributed by atoms with Crippen LogP contribution in [0.5, 0.6) is 5.75 Å². The number of aromatic hydroxyl groups is 1. The molecule has 2 N–H and O–H groups in total. The van der Waals surface area contributed by atoms with Crippen LogP contribution in [0, 0.1) is 5.92 Å². The van der Waals surface area contributed by atoms with Crippen LogP contribution >= 0.6 is 0 Å². The van der Waals surface area contributed by atoms with Gasteiger partial charge in [0.25, 0.3) is 0 Å². The van der Waals surface area contributed by atoms with Crippen LogP contribution in [0.2, 0.25) is 0 Å². The summed E-state index contributed by atoms with van der Waals surface area (Å²) in [6.45, 7) is 3.07. The molecule has 0 spiro atoms. The SMILES string of the molecule is CC(C)C(O)c1ccc(C[18F])c(O)c1. The Balaban J connectivity index is 2.96. The molecule has 0 bridgehead atoms. The number of hydrogen-bond donors (Lipinski definition) is 2. The Bertz CT molecular complexity index is 310. The second-order valence-corrected chi connectivity index (χ2v) is 3.71. The Morgan fingerprint density at radius 2 is 2.00 bits per heavy atom. The minimum atomic E-state index is -0.691. The quantitative estimate of drug-likeness (QED) is 0.781. The molecule has 1 rings (SSSR count). The lowest BCUT2D eigenvalue weighted by Crippen LogP contribution is -2.05. The van der Waals surface area contributed by atoms with Gasteiger partial charge in [0.1, 0.15) is 12.4 Å².